The van der Waals surface area contributed by atoms with E-state index in [0.717, 1.165) is 36.5 Å². The quantitative estimate of drug-likeness (QED) is 0.212. The van der Waals surface area contributed by atoms with E-state index in [0.29, 0.717) is 17.3 Å². The van der Waals surface area contributed by atoms with Crippen LogP contribution in [-0.4, -0.2) is 49.5 Å². The van der Waals surface area contributed by atoms with E-state index in [2.05, 4.69) is 49.9 Å². The monoisotopic (exact) mass is 566 g/mol. The summed E-state index contributed by atoms with van der Waals surface area (Å²) in [6.45, 7) is 5.97. The summed E-state index contributed by atoms with van der Waals surface area (Å²) < 4.78 is 22.6. The number of hydrogen-bond donors (Lipinski definition) is 3. The van der Waals surface area contributed by atoms with Crippen LogP contribution in [0.2, 0.25) is 0 Å². The molecule has 1 aliphatic rings. The number of halogens is 1. The van der Waals surface area contributed by atoms with Crippen LogP contribution in [-0.2, 0) is 13.0 Å². The predicted molar refractivity (Wildman–Crippen MR) is 159 cm³/mol. The third kappa shape index (κ3) is 5.86. The van der Waals surface area contributed by atoms with Gasteiger partial charge in [0.1, 0.15) is 23.1 Å². The van der Waals surface area contributed by atoms with E-state index in [1.165, 1.54) is 23.3 Å². The van der Waals surface area contributed by atoms with Crippen LogP contribution in [0.5, 0.6) is 11.5 Å². The van der Waals surface area contributed by atoms with E-state index in [4.69, 9.17) is 9.84 Å². The molecule has 2 aromatic carbocycles. The summed E-state index contributed by atoms with van der Waals surface area (Å²) in [7, 11) is 2.10. The Labute approximate surface area is 242 Å². The number of hydrogen-bond acceptors (Lipinski definition) is 6. The van der Waals surface area contributed by atoms with E-state index in [1.54, 1.807) is 41.5 Å². The average Bonchev–Trinajstić information content (AvgIpc) is 3.65. The SMILES string of the molecule is CC(C)c1cc(NC(=O)Nc2ccc(Oc3ccnc(-c4cn[nH]c4)c3)cc2F)n(-c2ccc3c(c2)CN(C)CC3)n1. The molecule has 2 amide bonds. The Bertz CT molecular complexity index is 1730. The van der Waals surface area contributed by atoms with Crippen molar-refractivity contribution >= 4 is 17.5 Å². The molecule has 4 heterocycles. The molecule has 0 fully saturated rings. The number of rotatable bonds is 7. The number of anilines is 2. The molecule has 0 unspecified atom stereocenters. The number of fused-ring (bicyclic) bond motifs is 1. The van der Waals surface area contributed by atoms with Crippen molar-refractivity contribution in [2.45, 2.75) is 32.7 Å². The number of nitrogens with zero attached hydrogens (tertiary/aromatic N) is 5. The van der Waals surface area contributed by atoms with Crippen LogP contribution >= 0.6 is 0 Å². The van der Waals surface area contributed by atoms with Crippen LogP contribution < -0.4 is 15.4 Å². The molecule has 42 heavy (non-hydrogen) atoms. The molecule has 0 saturated carbocycles. The molecular weight excluding hydrogens is 535 g/mol. The zero-order chi connectivity index (χ0) is 29.2. The molecule has 3 N–H and O–H groups in total. The maximum atomic E-state index is 15.0. The summed E-state index contributed by atoms with van der Waals surface area (Å²) >= 11 is 0. The third-order valence-electron chi connectivity index (χ3n) is 7.15. The molecule has 0 aliphatic carbocycles. The summed E-state index contributed by atoms with van der Waals surface area (Å²) in [6, 6.07) is 15.2. The number of carbonyl (C=O) groups excluding carboxylic acids is 1. The van der Waals surface area contributed by atoms with Gasteiger partial charge >= 0.3 is 6.03 Å². The molecule has 10 nitrogen and oxygen atoms in total. The van der Waals surface area contributed by atoms with E-state index in [-0.39, 0.29) is 17.4 Å². The van der Waals surface area contributed by atoms with E-state index in [1.807, 2.05) is 26.0 Å². The number of urea groups is 1. The standard InChI is InChI=1S/C31H31FN8O2/c1-19(2)28-15-30(40(38-28)23-5-4-20-9-11-39(3)18-21(20)12-23)37-31(41)36-27-7-6-24(13-26(27)32)42-25-8-10-33-29(14-25)22-16-34-35-17-22/h4-8,10,12-17,19H,9,11,18H2,1-3H3,(H,34,35)(H2,36,37,41). The molecule has 0 spiro atoms. The van der Waals surface area contributed by atoms with Gasteiger partial charge in [-0.15, -0.1) is 0 Å². The van der Waals surface area contributed by atoms with Crippen LogP contribution in [0.3, 0.4) is 0 Å². The van der Waals surface area contributed by atoms with Gasteiger partial charge in [0.15, 0.2) is 0 Å². The Morgan fingerprint density at radius 2 is 1.90 bits per heavy atom. The largest absolute Gasteiger partial charge is 0.457 e. The molecule has 3 aromatic heterocycles. The predicted octanol–water partition coefficient (Wildman–Crippen LogP) is 6.34. The molecule has 0 bridgehead atoms. The highest BCUT2D eigenvalue weighted by Crippen LogP contribution is 2.29. The number of pyridine rings is 1. The van der Waals surface area contributed by atoms with Crippen molar-refractivity contribution in [1.29, 1.82) is 0 Å². The molecule has 214 valence electrons. The first-order valence-electron chi connectivity index (χ1n) is 13.7. The number of H-pyrrole nitrogens is 1. The molecular formula is C31H31FN8O2. The summed E-state index contributed by atoms with van der Waals surface area (Å²) in [4.78, 5) is 19.6. The number of benzene rings is 2. The minimum atomic E-state index is -0.637. The lowest BCUT2D eigenvalue weighted by atomic mass is 9.99. The fraction of sp³-hybridized carbons (Fsp3) is 0.226. The smallest absolute Gasteiger partial charge is 0.324 e. The highest BCUT2D eigenvalue weighted by Gasteiger charge is 2.19. The maximum absolute atomic E-state index is 15.0. The number of ether oxygens (including phenoxy) is 1. The minimum Gasteiger partial charge on any atom is -0.457 e. The number of amides is 2. The van der Waals surface area contributed by atoms with Crippen LogP contribution in [0.15, 0.2) is 73.2 Å². The van der Waals surface area contributed by atoms with Gasteiger partial charge in [0.2, 0.25) is 0 Å². The lowest BCUT2D eigenvalue weighted by Crippen LogP contribution is -2.26. The topological polar surface area (TPSA) is 113 Å². The molecule has 0 atom stereocenters. The average molecular weight is 567 g/mol. The van der Waals surface area contributed by atoms with Crippen molar-refractivity contribution in [2.75, 3.05) is 24.2 Å². The molecule has 6 rings (SSSR count). The number of carbonyl (C=O) groups is 1. The van der Waals surface area contributed by atoms with Gasteiger partial charge in [0.05, 0.1) is 29.0 Å². The fourth-order valence-corrected chi connectivity index (χ4v) is 4.87. The van der Waals surface area contributed by atoms with Gasteiger partial charge in [-0.1, -0.05) is 19.9 Å². The number of likely N-dealkylation sites (N-methyl/N-ethyl adjacent to an activating group) is 1. The lowest BCUT2D eigenvalue weighted by Gasteiger charge is -2.25. The Morgan fingerprint density at radius 1 is 1.05 bits per heavy atom. The van der Waals surface area contributed by atoms with Crippen molar-refractivity contribution in [2.24, 2.45) is 0 Å². The van der Waals surface area contributed by atoms with E-state index in [9.17, 15) is 4.79 Å². The van der Waals surface area contributed by atoms with Gasteiger partial charge in [0, 0.05) is 49.2 Å². The van der Waals surface area contributed by atoms with Crippen molar-refractivity contribution in [3.63, 3.8) is 0 Å². The van der Waals surface area contributed by atoms with Crippen molar-refractivity contribution < 1.29 is 13.9 Å². The fourth-order valence-electron chi connectivity index (χ4n) is 4.87. The summed E-state index contributed by atoms with van der Waals surface area (Å²) in [5.41, 5.74) is 5.74. The minimum absolute atomic E-state index is 0.0145. The zero-order valence-corrected chi connectivity index (χ0v) is 23.6. The second-order valence-corrected chi connectivity index (χ2v) is 10.6. The van der Waals surface area contributed by atoms with Crippen molar-refractivity contribution in [3.8, 4) is 28.4 Å². The lowest BCUT2D eigenvalue weighted by molar-refractivity contribution is 0.262. The van der Waals surface area contributed by atoms with Crippen LogP contribution in [0.4, 0.5) is 20.7 Å². The van der Waals surface area contributed by atoms with Gasteiger partial charge in [-0.25, -0.2) is 13.9 Å². The first-order chi connectivity index (χ1) is 20.3. The van der Waals surface area contributed by atoms with Gasteiger partial charge in [0.25, 0.3) is 0 Å². The van der Waals surface area contributed by atoms with Gasteiger partial charge in [-0.3, -0.25) is 15.4 Å². The van der Waals surface area contributed by atoms with E-state index < -0.39 is 11.8 Å². The number of aromatic nitrogens is 5. The molecule has 0 saturated heterocycles. The van der Waals surface area contributed by atoms with Crippen LogP contribution in [0.25, 0.3) is 16.9 Å². The van der Waals surface area contributed by atoms with Crippen LogP contribution in [0, 0.1) is 5.82 Å². The molecule has 0 radical (unpaired) electrons. The van der Waals surface area contributed by atoms with Gasteiger partial charge in [-0.2, -0.15) is 10.2 Å². The van der Waals surface area contributed by atoms with Crippen molar-refractivity contribution in [1.82, 2.24) is 29.9 Å². The van der Waals surface area contributed by atoms with Crippen LogP contribution in [0.1, 0.15) is 36.6 Å². The summed E-state index contributed by atoms with van der Waals surface area (Å²) in [5, 5.41) is 16.9. The number of nitrogens with one attached hydrogen (secondary N) is 3. The Morgan fingerprint density at radius 3 is 2.69 bits per heavy atom. The Kier molecular flexibility index (Phi) is 7.41. The summed E-state index contributed by atoms with van der Waals surface area (Å²) in [6.07, 6.45) is 5.98. The van der Waals surface area contributed by atoms with Crippen molar-refractivity contribution in [3.05, 3.63) is 95.8 Å². The second-order valence-electron chi connectivity index (χ2n) is 10.6. The molecule has 11 heteroatoms. The Balaban J connectivity index is 1.17. The first kappa shape index (κ1) is 27.2. The Hall–Kier alpha value is -5.03. The highest BCUT2D eigenvalue weighted by molar-refractivity contribution is 5.99. The number of aromatic amines is 1. The van der Waals surface area contributed by atoms with E-state index >= 15 is 4.39 Å². The second kappa shape index (κ2) is 11.5. The maximum Gasteiger partial charge on any atom is 0.324 e. The molecule has 5 aromatic rings. The zero-order valence-electron chi connectivity index (χ0n) is 23.6. The normalized spacial score (nSPS) is 13.2. The third-order valence-corrected chi connectivity index (χ3v) is 7.15. The van der Waals surface area contributed by atoms with Gasteiger partial charge in [-0.05, 0) is 60.8 Å². The molecule has 1 aliphatic heterocycles. The first-order valence-corrected chi connectivity index (χ1v) is 13.7. The summed E-state index contributed by atoms with van der Waals surface area (Å²) in [5.74, 6) is 0.774. The highest BCUT2D eigenvalue weighted by atomic mass is 19.1. The van der Waals surface area contributed by atoms with Gasteiger partial charge < -0.3 is 15.0 Å².